The highest BCUT2D eigenvalue weighted by Crippen LogP contribution is 2.37. The highest BCUT2D eigenvalue weighted by molar-refractivity contribution is 7.23. The quantitative estimate of drug-likeness (QED) is 0.343. The Balaban J connectivity index is 1.73. The van der Waals surface area contributed by atoms with Gasteiger partial charge in [-0.25, -0.2) is 4.98 Å². The van der Waals surface area contributed by atoms with Crippen LogP contribution in [-0.2, 0) is 0 Å². The first kappa shape index (κ1) is 20.3. The third kappa shape index (κ3) is 4.03. The lowest BCUT2D eigenvalue weighted by Gasteiger charge is -2.24. The number of nitrogens with zero attached hydrogens (tertiary/aromatic N) is 3. The highest BCUT2D eigenvalue weighted by atomic mass is 35.5. The Morgan fingerprint density at radius 2 is 1.66 bits per heavy atom. The molecule has 0 saturated heterocycles. The summed E-state index contributed by atoms with van der Waals surface area (Å²) in [6, 6.07) is 15.9. The molecule has 4 aromatic rings. The monoisotopic (exact) mass is 443 g/mol. The summed E-state index contributed by atoms with van der Waals surface area (Å²) in [7, 11) is 0. The summed E-state index contributed by atoms with van der Waals surface area (Å²) in [5.74, 6) is -0.0811. The number of hydrogen-bond donors (Lipinski definition) is 0. The molecule has 2 aromatic carbocycles. The predicted molar refractivity (Wildman–Crippen MR) is 126 cm³/mol. The number of halogens is 1. The van der Waals surface area contributed by atoms with Gasteiger partial charge in [-0.15, -0.1) is 11.3 Å². The number of amides is 1. The number of rotatable bonds is 7. The molecule has 0 saturated carbocycles. The summed E-state index contributed by atoms with van der Waals surface area (Å²) in [4.78, 5) is 23.0. The standard InChI is InChI=1S/C22H22ClN3OS2/c1-3-25(4-2)13-14-26(22-24-16-10-6-8-12-18(16)29-22)21(27)20-19(23)15-9-5-7-11-17(15)28-20/h5-12H,3-4,13-14H2,1-2H3. The predicted octanol–water partition coefficient (Wildman–Crippen LogP) is 6.15. The van der Waals surface area contributed by atoms with Crippen LogP contribution in [0.2, 0.25) is 5.02 Å². The number of thiazole rings is 1. The number of thiophene rings is 1. The third-order valence-electron chi connectivity index (χ3n) is 5.02. The molecule has 2 aromatic heterocycles. The third-order valence-corrected chi connectivity index (χ3v) is 7.74. The van der Waals surface area contributed by atoms with Crippen LogP contribution in [0.4, 0.5) is 5.13 Å². The second-order valence-corrected chi connectivity index (χ2v) is 9.13. The molecule has 4 nitrogen and oxygen atoms in total. The molecule has 0 fully saturated rings. The molecule has 2 heterocycles. The van der Waals surface area contributed by atoms with Gasteiger partial charge in [0.2, 0.25) is 0 Å². The van der Waals surface area contributed by atoms with Crippen molar-refractivity contribution in [3.63, 3.8) is 0 Å². The van der Waals surface area contributed by atoms with Crippen molar-refractivity contribution in [2.24, 2.45) is 0 Å². The van der Waals surface area contributed by atoms with Crippen molar-refractivity contribution in [1.29, 1.82) is 0 Å². The Labute approximate surface area is 183 Å². The first-order chi connectivity index (χ1) is 14.1. The lowest BCUT2D eigenvalue weighted by Crippen LogP contribution is -2.38. The molecule has 150 valence electrons. The van der Waals surface area contributed by atoms with Gasteiger partial charge in [0, 0.05) is 23.2 Å². The Hall–Kier alpha value is -1.99. The van der Waals surface area contributed by atoms with Crippen LogP contribution in [0.1, 0.15) is 23.5 Å². The fourth-order valence-corrected chi connectivity index (χ4v) is 5.77. The summed E-state index contributed by atoms with van der Waals surface area (Å²) < 4.78 is 2.10. The number of benzene rings is 2. The molecule has 4 rings (SSSR count). The van der Waals surface area contributed by atoms with Gasteiger partial charge in [0.05, 0.1) is 15.2 Å². The summed E-state index contributed by atoms with van der Waals surface area (Å²) in [6.07, 6.45) is 0. The number of hydrogen-bond acceptors (Lipinski definition) is 5. The molecule has 7 heteroatoms. The van der Waals surface area contributed by atoms with Crippen LogP contribution in [0.3, 0.4) is 0 Å². The first-order valence-electron chi connectivity index (χ1n) is 9.69. The lowest BCUT2D eigenvalue weighted by atomic mass is 10.2. The van der Waals surface area contributed by atoms with E-state index >= 15 is 0 Å². The number of carbonyl (C=O) groups is 1. The minimum atomic E-state index is -0.0811. The Kier molecular flexibility index (Phi) is 6.15. The molecule has 0 N–H and O–H groups in total. The van der Waals surface area contributed by atoms with E-state index in [1.54, 1.807) is 16.2 Å². The van der Waals surface area contributed by atoms with Crippen molar-refractivity contribution in [3.05, 3.63) is 58.4 Å². The summed E-state index contributed by atoms with van der Waals surface area (Å²) in [5, 5.41) is 2.18. The number of likely N-dealkylation sites (N-methyl/N-ethyl adjacent to an activating group) is 1. The maximum absolute atomic E-state index is 13.6. The van der Waals surface area contributed by atoms with Gasteiger partial charge in [0.15, 0.2) is 5.13 Å². The molecular formula is C22H22ClN3OS2. The van der Waals surface area contributed by atoms with Crippen LogP contribution in [0.15, 0.2) is 48.5 Å². The molecule has 0 unspecified atom stereocenters. The zero-order valence-electron chi connectivity index (χ0n) is 16.4. The molecule has 0 aliphatic rings. The van der Waals surface area contributed by atoms with Gasteiger partial charge >= 0.3 is 0 Å². The van der Waals surface area contributed by atoms with E-state index < -0.39 is 0 Å². The number of fused-ring (bicyclic) bond motifs is 2. The van der Waals surface area contributed by atoms with Crippen molar-refractivity contribution in [1.82, 2.24) is 9.88 Å². The van der Waals surface area contributed by atoms with Gasteiger partial charge < -0.3 is 4.90 Å². The van der Waals surface area contributed by atoms with Gasteiger partial charge in [-0.2, -0.15) is 0 Å². The summed E-state index contributed by atoms with van der Waals surface area (Å²) in [6.45, 7) is 7.53. The van der Waals surface area contributed by atoms with E-state index in [4.69, 9.17) is 16.6 Å². The molecule has 0 spiro atoms. The van der Waals surface area contributed by atoms with Gasteiger partial charge in [-0.05, 0) is 31.3 Å². The summed E-state index contributed by atoms with van der Waals surface area (Å²) >= 11 is 9.61. The molecule has 0 aliphatic carbocycles. The molecular weight excluding hydrogens is 422 g/mol. The van der Waals surface area contributed by atoms with E-state index in [0.29, 0.717) is 16.4 Å². The van der Waals surface area contributed by atoms with E-state index in [9.17, 15) is 4.79 Å². The van der Waals surface area contributed by atoms with Crippen LogP contribution < -0.4 is 4.90 Å². The van der Waals surface area contributed by atoms with Gasteiger partial charge in [-0.1, -0.05) is 67.1 Å². The molecule has 0 radical (unpaired) electrons. The van der Waals surface area contributed by atoms with Crippen molar-refractivity contribution >= 4 is 65.6 Å². The van der Waals surface area contributed by atoms with Gasteiger partial charge in [0.1, 0.15) is 4.88 Å². The molecule has 0 bridgehead atoms. The highest BCUT2D eigenvalue weighted by Gasteiger charge is 2.26. The van der Waals surface area contributed by atoms with Crippen LogP contribution in [0.5, 0.6) is 0 Å². The maximum atomic E-state index is 13.6. The SMILES string of the molecule is CCN(CC)CCN(C(=O)c1sc2ccccc2c1Cl)c1nc2ccccc2s1. The first-order valence-corrected chi connectivity index (χ1v) is 11.7. The number of para-hydroxylation sites is 1. The van der Waals surface area contributed by atoms with E-state index in [2.05, 4.69) is 18.7 Å². The van der Waals surface area contributed by atoms with Crippen LogP contribution in [0, 0.1) is 0 Å². The normalized spacial score (nSPS) is 11.6. The number of anilines is 1. The van der Waals surface area contributed by atoms with E-state index in [1.807, 2.05) is 48.5 Å². The zero-order valence-corrected chi connectivity index (χ0v) is 18.8. The van der Waals surface area contributed by atoms with Crippen LogP contribution in [0.25, 0.3) is 20.3 Å². The van der Waals surface area contributed by atoms with Gasteiger partial charge in [0.25, 0.3) is 5.91 Å². The summed E-state index contributed by atoms with van der Waals surface area (Å²) in [5.41, 5.74) is 0.913. The van der Waals surface area contributed by atoms with E-state index in [0.717, 1.165) is 45.1 Å². The topological polar surface area (TPSA) is 36.4 Å². The fraction of sp³-hybridized carbons (Fsp3) is 0.273. The Morgan fingerprint density at radius 3 is 2.34 bits per heavy atom. The molecule has 0 aliphatic heterocycles. The maximum Gasteiger partial charge on any atom is 0.271 e. The largest absolute Gasteiger partial charge is 0.302 e. The lowest BCUT2D eigenvalue weighted by molar-refractivity contribution is 0.0988. The Morgan fingerprint density at radius 1 is 0.966 bits per heavy atom. The minimum Gasteiger partial charge on any atom is -0.302 e. The second-order valence-electron chi connectivity index (χ2n) is 6.69. The number of carbonyl (C=O) groups excluding carboxylic acids is 1. The average molecular weight is 444 g/mol. The number of aromatic nitrogens is 1. The fourth-order valence-electron chi connectivity index (χ4n) is 3.31. The van der Waals surface area contributed by atoms with Crippen LogP contribution >= 0.6 is 34.3 Å². The molecule has 1 amide bonds. The second kappa shape index (κ2) is 8.79. The molecule has 29 heavy (non-hydrogen) atoms. The van der Waals surface area contributed by atoms with Crippen molar-refractivity contribution in [3.8, 4) is 0 Å². The van der Waals surface area contributed by atoms with Crippen molar-refractivity contribution in [2.75, 3.05) is 31.1 Å². The van der Waals surface area contributed by atoms with E-state index in [1.165, 1.54) is 11.3 Å². The minimum absolute atomic E-state index is 0.0811. The zero-order chi connectivity index (χ0) is 20.4. The smallest absolute Gasteiger partial charge is 0.271 e. The van der Waals surface area contributed by atoms with Crippen LogP contribution in [-0.4, -0.2) is 42.0 Å². The van der Waals surface area contributed by atoms with Gasteiger partial charge in [-0.3, -0.25) is 9.69 Å². The van der Waals surface area contributed by atoms with Crippen molar-refractivity contribution < 1.29 is 4.79 Å². The average Bonchev–Trinajstić information content (AvgIpc) is 3.32. The van der Waals surface area contributed by atoms with E-state index in [-0.39, 0.29) is 5.91 Å². The molecule has 0 atom stereocenters. The van der Waals surface area contributed by atoms with Crippen molar-refractivity contribution in [2.45, 2.75) is 13.8 Å². The Bertz CT molecular complexity index is 1120.